The summed E-state index contributed by atoms with van der Waals surface area (Å²) in [5.74, 6) is 0. The van der Waals surface area contributed by atoms with Gasteiger partial charge in [-0.2, -0.15) is 23.7 Å². The van der Waals surface area contributed by atoms with Crippen LogP contribution in [-0.4, -0.2) is 9.78 Å². The number of benzene rings is 1. The first kappa shape index (κ1) is 12.2. The maximum Gasteiger partial charge on any atom is 0.0493 e. The monoisotopic (exact) mass is 402 g/mol. The molecule has 1 heterocycles. The molecule has 1 aromatic carbocycles. The van der Waals surface area contributed by atoms with Gasteiger partial charge < -0.3 is 0 Å². The van der Waals surface area contributed by atoms with Crippen LogP contribution in [0.2, 0.25) is 0 Å². The molecule has 0 bridgehead atoms. The SMILES string of the molecule is [CH2-]c1cccc2c1C(n1cccn1)=C(C)C2.[Ir]. The normalized spacial score (nSPS) is 13.5. The summed E-state index contributed by atoms with van der Waals surface area (Å²) < 4.78 is 1.94. The van der Waals surface area contributed by atoms with Crippen LogP contribution < -0.4 is 0 Å². The fraction of sp³-hybridized carbons (Fsp3) is 0.143. The van der Waals surface area contributed by atoms with E-state index >= 15 is 0 Å². The average Bonchev–Trinajstić information content (AvgIpc) is 2.84. The van der Waals surface area contributed by atoms with Crippen LogP contribution in [0.15, 0.2) is 42.2 Å². The third kappa shape index (κ3) is 1.86. The number of allylic oxidation sites excluding steroid dienone is 1. The molecule has 3 rings (SSSR count). The van der Waals surface area contributed by atoms with Crippen molar-refractivity contribution >= 4 is 5.70 Å². The van der Waals surface area contributed by atoms with Gasteiger partial charge in [0.25, 0.3) is 0 Å². The second kappa shape index (κ2) is 4.52. The summed E-state index contributed by atoms with van der Waals surface area (Å²) >= 11 is 0. The van der Waals surface area contributed by atoms with Crippen LogP contribution in [0.25, 0.3) is 5.70 Å². The van der Waals surface area contributed by atoms with E-state index in [1.54, 1.807) is 0 Å². The van der Waals surface area contributed by atoms with Gasteiger partial charge in [-0.05, 0) is 19.4 Å². The van der Waals surface area contributed by atoms with Crippen molar-refractivity contribution in [2.45, 2.75) is 13.3 Å². The minimum Gasteiger partial charge on any atom is -0.253 e. The van der Waals surface area contributed by atoms with Gasteiger partial charge in [0.05, 0.1) is 0 Å². The quantitative estimate of drug-likeness (QED) is 0.672. The van der Waals surface area contributed by atoms with Crippen LogP contribution in [0.3, 0.4) is 0 Å². The maximum absolute atomic E-state index is 4.32. The largest absolute Gasteiger partial charge is 0.253 e. The van der Waals surface area contributed by atoms with Crippen molar-refractivity contribution < 1.29 is 20.1 Å². The van der Waals surface area contributed by atoms with E-state index in [-0.39, 0.29) is 20.1 Å². The van der Waals surface area contributed by atoms with Gasteiger partial charge in [0.15, 0.2) is 0 Å². The molecule has 1 aromatic heterocycles. The summed E-state index contributed by atoms with van der Waals surface area (Å²) in [6.07, 6.45) is 4.80. The summed E-state index contributed by atoms with van der Waals surface area (Å²) in [4.78, 5) is 0. The molecule has 0 unspecified atom stereocenters. The van der Waals surface area contributed by atoms with Gasteiger partial charge in [-0.15, -0.1) is 6.07 Å². The van der Waals surface area contributed by atoms with Crippen molar-refractivity contribution in [3.63, 3.8) is 0 Å². The minimum atomic E-state index is 0. The van der Waals surface area contributed by atoms with Crippen molar-refractivity contribution in [1.82, 2.24) is 9.78 Å². The molecule has 1 aliphatic carbocycles. The molecule has 0 fully saturated rings. The first-order valence-electron chi connectivity index (χ1n) is 5.41. The van der Waals surface area contributed by atoms with Crippen LogP contribution in [-0.2, 0) is 26.5 Å². The van der Waals surface area contributed by atoms with Crippen LogP contribution in [0.5, 0.6) is 0 Å². The predicted octanol–water partition coefficient (Wildman–Crippen LogP) is 2.90. The Hall–Kier alpha value is -1.31. The van der Waals surface area contributed by atoms with E-state index in [4.69, 9.17) is 0 Å². The van der Waals surface area contributed by atoms with Gasteiger partial charge in [-0.1, -0.05) is 22.8 Å². The van der Waals surface area contributed by atoms with Gasteiger partial charge >= 0.3 is 0 Å². The Morgan fingerprint density at radius 1 is 1.29 bits per heavy atom. The molecule has 2 nitrogen and oxygen atoms in total. The van der Waals surface area contributed by atoms with E-state index in [0.717, 1.165) is 12.0 Å². The first-order chi connectivity index (χ1) is 7.77. The number of rotatable bonds is 1. The molecule has 0 aliphatic heterocycles. The van der Waals surface area contributed by atoms with Crippen molar-refractivity contribution in [3.05, 3.63) is 65.8 Å². The van der Waals surface area contributed by atoms with Crippen LogP contribution in [0.4, 0.5) is 0 Å². The van der Waals surface area contributed by atoms with Crippen molar-refractivity contribution in [2.75, 3.05) is 0 Å². The van der Waals surface area contributed by atoms with Crippen LogP contribution >= 0.6 is 0 Å². The van der Waals surface area contributed by atoms with Crippen molar-refractivity contribution in [3.8, 4) is 0 Å². The Balaban J connectivity index is 0.00000108. The average molecular weight is 401 g/mol. The third-order valence-corrected chi connectivity index (χ3v) is 3.07. The summed E-state index contributed by atoms with van der Waals surface area (Å²) in [5, 5.41) is 4.32. The van der Waals surface area contributed by atoms with Gasteiger partial charge in [-0.3, -0.25) is 4.68 Å². The number of aromatic nitrogens is 2. The maximum atomic E-state index is 4.32. The number of fused-ring (bicyclic) bond motifs is 1. The van der Waals surface area contributed by atoms with E-state index in [9.17, 15) is 0 Å². The first-order valence-corrected chi connectivity index (χ1v) is 5.41. The zero-order chi connectivity index (χ0) is 11.1. The molecule has 0 N–H and O–H groups in total. The van der Waals surface area contributed by atoms with E-state index in [1.165, 1.54) is 22.4 Å². The van der Waals surface area contributed by atoms with Crippen LogP contribution in [0.1, 0.15) is 23.6 Å². The Kier molecular flexibility index (Phi) is 3.23. The summed E-state index contributed by atoms with van der Waals surface area (Å²) in [6, 6.07) is 8.25. The van der Waals surface area contributed by atoms with Crippen LogP contribution in [0, 0.1) is 6.92 Å². The Bertz CT molecular complexity index is 568. The zero-order valence-electron chi connectivity index (χ0n) is 9.61. The topological polar surface area (TPSA) is 17.8 Å². The fourth-order valence-electron chi connectivity index (χ4n) is 2.40. The van der Waals surface area contributed by atoms with Gasteiger partial charge in [0.2, 0.25) is 0 Å². The molecule has 3 heteroatoms. The third-order valence-electron chi connectivity index (χ3n) is 3.07. The molecule has 0 saturated heterocycles. The van der Waals surface area contributed by atoms with Crippen molar-refractivity contribution in [1.29, 1.82) is 0 Å². The summed E-state index contributed by atoms with van der Waals surface area (Å²) in [6.45, 7) is 6.27. The molecule has 0 amide bonds. The molecule has 0 saturated carbocycles. The molecule has 1 aliphatic rings. The minimum absolute atomic E-state index is 0. The number of hydrogen-bond acceptors (Lipinski definition) is 1. The smallest absolute Gasteiger partial charge is 0.0493 e. The summed E-state index contributed by atoms with van der Waals surface area (Å²) in [7, 11) is 0. The Morgan fingerprint density at radius 3 is 2.82 bits per heavy atom. The number of hydrogen-bond donors (Lipinski definition) is 0. The Morgan fingerprint density at radius 2 is 2.12 bits per heavy atom. The van der Waals surface area contributed by atoms with E-state index in [0.29, 0.717) is 0 Å². The molecule has 2 aromatic rings. The molecule has 17 heavy (non-hydrogen) atoms. The molecule has 0 atom stereocenters. The molecule has 1 radical (unpaired) electrons. The zero-order valence-corrected chi connectivity index (χ0v) is 12.0. The molecule has 0 spiro atoms. The standard InChI is InChI=1S/C14H13N2.Ir/c1-10-5-3-6-12-9-11(2)14(13(10)12)16-8-4-7-15-16;/h3-8H,1,9H2,2H3;/q-1;. The van der Waals surface area contributed by atoms with Gasteiger partial charge in [-0.25, -0.2) is 0 Å². The number of nitrogens with zero attached hydrogens (tertiary/aromatic N) is 2. The van der Waals surface area contributed by atoms with Gasteiger partial charge in [0, 0.05) is 38.2 Å². The Labute approximate surface area is 115 Å². The molecule has 89 valence electrons. The van der Waals surface area contributed by atoms with Gasteiger partial charge in [0.1, 0.15) is 0 Å². The fourth-order valence-corrected chi connectivity index (χ4v) is 2.40. The van der Waals surface area contributed by atoms with Crippen molar-refractivity contribution in [2.24, 2.45) is 0 Å². The predicted molar refractivity (Wildman–Crippen MR) is 64.8 cm³/mol. The molecular weight excluding hydrogens is 388 g/mol. The second-order valence-corrected chi connectivity index (χ2v) is 4.21. The second-order valence-electron chi connectivity index (χ2n) is 4.21. The van der Waals surface area contributed by atoms with E-state index in [2.05, 4.69) is 37.1 Å². The molecular formula is C14H13IrN2-. The summed E-state index contributed by atoms with van der Waals surface area (Å²) in [5.41, 5.74) is 6.25. The van der Waals surface area contributed by atoms with E-state index < -0.39 is 0 Å². The van der Waals surface area contributed by atoms with E-state index in [1.807, 2.05) is 23.1 Å².